The van der Waals surface area contributed by atoms with Crippen LogP contribution in [0.3, 0.4) is 0 Å². The number of nitrogens with one attached hydrogen (secondary N) is 1. The van der Waals surface area contributed by atoms with Gasteiger partial charge >= 0.3 is 5.97 Å². The summed E-state index contributed by atoms with van der Waals surface area (Å²) in [5.41, 5.74) is 0.809. The predicted octanol–water partition coefficient (Wildman–Crippen LogP) is 1.16. The number of hydrogen-bond acceptors (Lipinski definition) is 6. The Bertz CT molecular complexity index is 382. The molecule has 94 valence electrons. The zero-order valence-corrected chi connectivity index (χ0v) is 10.3. The molecule has 0 spiro atoms. The molecule has 6 nitrogen and oxygen atoms in total. The van der Waals surface area contributed by atoms with Crippen molar-refractivity contribution < 1.29 is 14.3 Å². The zero-order valence-electron chi connectivity index (χ0n) is 10.3. The van der Waals surface area contributed by atoms with Crippen LogP contribution in [0.1, 0.15) is 19.0 Å². The number of carbonyl (C=O) groups excluding carboxylic acids is 1. The molecule has 0 saturated heterocycles. The second-order valence-electron chi connectivity index (χ2n) is 3.36. The Morgan fingerprint density at radius 3 is 2.88 bits per heavy atom. The maximum atomic E-state index is 10.9. The minimum atomic E-state index is -0.268. The van der Waals surface area contributed by atoms with Crippen molar-refractivity contribution in [1.82, 2.24) is 9.97 Å². The third kappa shape index (κ3) is 4.67. The van der Waals surface area contributed by atoms with Gasteiger partial charge in [0.1, 0.15) is 0 Å². The van der Waals surface area contributed by atoms with Crippen molar-refractivity contribution in [2.75, 3.05) is 25.6 Å². The molecule has 0 bridgehead atoms. The van der Waals surface area contributed by atoms with Gasteiger partial charge in [-0.2, -0.15) is 4.98 Å². The first-order valence-corrected chi connectivity index (χ1v) is 5.45. The summed E-state index contributed by atoms with van der Waals surface area (Å²) < 4.78 is 9.82. The first-order valence-electron chi connectivity index (χ1n) is 5.45. The molecule has 1 aromatic rings. The fourth-order valence-electron chi connectivity index (χ4n) is 1.22. The summed E-state index contributed by atoms with van der Waals surface area (Å²) in [6, 6.07) is 1.76. The number of aryl methyl sites for hydroxylation is 1. The van der Waals surface area contributed by atoms with Gasteiger partial charge in [0.2, 0.25) is 11.8 Å². The van der Waals surface area contributed by atoms with E-state index in [4.69, 9.17) is 4.74 Å². The SMILES string of the molecule is CCOc1cc(C)nc(NCCC(=O)OC)n1. The van der Waals surface area contributed by atoms with E-state index < -0.39 is 0 Å². The van der Waals surface area contributed by atoms with E-state index in [1.165, 1.54) is 7.11 Å². The Labute approximate surface area is 100 Å². The number of carbonyl (C=O) groups is 1. The quantitative estimate of drug-likeness (QED) is 0.751. The molecule has 1 rings (SSSR count). The standard InChI is InChI=1S/C11H17N3O3/c1-4-17-9-7-8(2)13-11(14-9)12-6-5-10(15)16-3/h7H,4-6H2,1-3H3,(H,12,13,14). The summed E-state index contributed by atoms with van der Waals surface area (Å²) in [6.45, 7) is 4.73. The molecule has 17 heavy (non-hydrogen) atoms. The highest BCUT2D eigenvalue weighted by molar-refractivity contribution is 5.69. The van der Waals surface area contributed by atoms with Crippen molar-refractivity contribution in [3.8, 4) is 5.88 Å². The summed E-state index contributed by atoms with van der Waals surface area (Å²) in [5, 5.41) is 2.95. The van der Waals surface area contributed by atoms with Crippen LogP contribution in [0.2, 0.25) is 0 Å². The van der Waals surface area contributed by atoms with Crippen LogP contribution in [0.25, 0.3) is 0 Å². The number of esters is 1. The number of anilines is 1. The molecule has 0 amide bonds. The van der Waals surface area contributed by atoms with E-state index in [-0.39, 0.29) is 12.4 Å². The van der Waals surface area contributed by atoms with Crippen LogP contribution < -0.4 is 10.1 Å². The smallest absolute Gasteiger partial charge is 0.307 e. The maximum Gasteiger partial charge on any atom is 0.307 e. The van der Waals surface area contributed by atoms with Crippen molar-refractivity contribution in [2.45, 2.75) is 20.3 Å². The highest BCUT2D eigenvalue weighted by atomic mass is 16.5. The van der Waals surface area contributed by atoms with Gasteiger partial charge in [-0.25, -0.2) is 4.98 Å². The van der Waals surface area contributed by atoms with Crippen LogP contribution in [-0.2, 0) is 9.53 Å². The third-order valence-electron chi connectivity index (χ3n) is 1.96. The highest BCUT2D eigenvalue weighted by Gasteiger charge is 2.04. The van der Waals surface area contributed by atoms with E-state index in [0.29, 0.717) is 25.0 Å². The monoisotopic (exact) mass is 239 g/mol. The number of rotatable bonds is 6. The van der Waals surface area contributed by atoms with Crippen LogP contribution in [0.15, 0.2) is 6.07 Å². The minimum Gasteiger partial charge on any atom is -0.478 e. The van der Waals surface area contributed by atoms with Crippen LogP contribution in [0.4, 0.5) is 5.95 Å². The Hall–Kier alpha value is -1.85. The van der Waals surface area contributed by atoms with Gasteiger partial charge in [-0.05, 0) is 13.8 Å². The fourth-order valence-corrected chi connectivity index (χ4v) is 1.22. The van der Waals surface area contributed by atoms with E-state index in [1.54, 1.807) is 6.07 Å². The van der Waals surface area contributed by atoms with Crippen molar-refractivity contribution >= 4 is 11.9 Å². The zero-order chi connectivity index (χ0) is 12.7. The molecule has 1 aromatic heterocycles. The molecule has 0 atom stereocenters. The number of methoxy groups -OCH3 is 1. The number of nitrogens with zero attached hydrogens (tertiary/aromatic N) is 2. The lowest BCUT2D eigenvalue weighted by atomic mass is 10.4. The summed E-state index contributed by atoms with van der Waals surface area (Å²) in [5.74, 6) is 0.716. The Balaban J connectivity index is 2.55. The largest absolute Gasteiger partial charge is 0.478 e. The van der Waals surface area contributed by atoms with E-state index in [1.807, 2.05) is 13.8 Å². The molecule has 0 aromatic carbocycles. The topological polar surface area (TPSA) is 73.3 Å². The van der Waals surface area contributed by atoms with E-state index in [9.17, 15) is 4.79 Å². The van der Waals surface area contributed by atoms with Gasteiger partial charge in [0.05, 0.1) is 20.1 Å². The molecular weight excluding hydrogens is 222 g/mol. The molecule has 0 fully saturated rings. The third-order valence-corrected chi connectivity index (χ3v) is 1.96. The van der Waals surface area contributed by atoms with E-state index >= 15 is 0 Å². The van der Waals surface area contributed by atoms with Gasteiger partial charge in [0.25, 0.3) is 0 Å². The fraction of sp³-hybridized carbons (Fsp3) is 0.545. The van der Waals surface area contributed by atoms with Gasteiger partial charge < -0.3 is 14.8 Å². The lowest BCUT2D eigenvalue weighted by molar-refractivity contribution is -0.140. The summed E-state index contributed by atoms with van der Waals surface area (Å²) >= 11 is 0. The second-order valence-corrected chi connectivity index (χ2v) is 3.36. The first-order chi connectivity index (χ1) is 8.15. The van der Waals surface area contributed by atoms with Gasteiger partial charge in [0, 0.05) is 18.3 Å². The molecule has 0 radical (unpaired) electrons. The van der Waals surface area contributed by atoms with Gasteiger partial charge in [-0.3, -0.25) is 4.79 Å². The Morgan fingerprint density at radius 1 is 1.47 bits per heavy atom. The minimum absolute atomic E-state index is 0.268. The van der Waals surface area contributed by atoms with Crippen LogP contribution in [0.5, 0.6) is 5.88 Å². The summed E-state index contributed by atoms with van der Waals surface area (Å²) in [4.78, 5) is 19.2. The number of hydrogen-bond donors (Lipinski definition) is 1. The Kier molecular flexibility index (Phi) is 5.19. The van der Waals surface area contributed by atoms with Crippen molar-refractivity contribution in [3.63, 3.8) is 0 Å². The van der Waals surface area contributed by atoms with Crippen molar-refractivity contribution in [1.29, 1.82) is 0 Å². The second kappa shape index (κ2) is 6.67. The maximum absolute atomic E-state index is 10.9. The molecule has 0 saturated carbocycles. The molecular formula is C11H17N3O3. The van der Waals surface area contributed by atoms with Crippen molar-refractivity contribution in [2.24, 2.45) is 0 Å². The Morgan fingerprint density at radius 2 is 2.24 bits per heavy atom. The van der Waals surface area contributed by atoms with Gasteiger partial charge in [-0.15, -0.1) is 0 Å². The van der Waals surface area contributed by atoms with E-state index in [0.717, 1.165) is 5.69 Å². The lowest BCUT2D eigenvalue weighted by Gasteiger charge is -2.07. The average Bonchev–Trinajstić information content (AvgIpc) is 2.28. The predicted molar refractivity (Wildman–Crippen MR) is 63.1 cm³/mol. The summed E-state index contributed by atoms with van der Waals surface area (Å²) in [6.07, 6.45) is 0.276. The molecule has 0 aliphatic rings. The summed E-state index contributed by atoms with van der Waals surface area (Å²) in [7, 11) is 1.36. The molecule has 0 unspecified atom stereocenters. The van der Waals surface area contributed by atoms with Crippen molar-refractivity contribution in [3.05, 3.63) is 11.8 Å². The van der Waals surface area contributed by atoms with Crippen LogP contribution in [0, 0.1) is 6.92 Å². The first kappa shape index (κ1) is 13.2. The van der Waals surface area contributed by atoms with E-state index in [2.05, 4.69) is 20.0 Å². The van der Waals surface area contributed by atoms with Gasteiger partial charge in [0.15, 0.2) is 0 Å². The number of ether oxygens (including phenoxy) is 2. The molecule has 1 heterocycles. The molecule has 6 heteroatoms. The van der Waals surface area contributed by atoms with Crippen LogP contribution in [-0.4, -0.2) is 36.2 Å². The molecule has 0 aliphatic heterocycles. The van der Waals surface area contributed by atoms with Gasteiger partial charge in [-0.1, -0.05) is 0 Å². The van der Waals surface area contributed by atoms with Crippen LogP contribution >= 0.6 is 0 Å². The average molecular weight is 239 g/mol. The molecule has 0 aliphatic carbocycles. The normalized spacial score (nSPS) is 9.82. The number of aromatic nitrogens is 2. The molecule has 1 N–H and O–H groups in total. The highest BCUT2D eigenvalue weighted by Crippen LogP contribution is 2.11. The lowest BCUT2D eigenvalue weighted by Crippen LogP contribution is -2.12.